The molecule has 0 bridgehead atoms. The monoisotopic (exact) mass is 273 g/mol. The van der Waals surface area contributed by atoms with Gasteiger partial charge in [0.15, 0.2) is 0 Å². The van der Waals surface area contributed by atoms with Crippen LogP contribution in [-0.4, -0.2) is 27.8 Å². The number of likely N-dealkylation sites (tertiary alicyclic amines) is 1. The molecule has 1 aromatic carbocycles. The predicted molar refractivity (Wildman–Crippen MR) is 69.7 cm³/mol. The lowest BCUT2D eigenvalue weighted by molar-refractivity contribution is -0.143. The average molecular weight is 273 g/mol. The zero-order chi connectivity index (χ0) is 14.7. The molecule has 20 heavy (non-hydrogen) atoms. The van der Waals surface area contributed by atoms with Gasteiger partial charge in [-0.3, -0.25) is 14.5 Å². The highest BCUT2D eigenvalue weighted by Gasteiger charge is 2.72. The average Bonchev–Trinajstić information content (AvgIpc) is 2.87. The van der Waals surface area contributed by atoms with Gasteiger partial charge in [0.05, 0.1) is 23.9 Å². The molecule has 1 aromatic rings. The van der Waals surface area contributed by atoms with Crippen LogP contribution >= 0.6 is 0 Å². The van der Waals surface area contributed by atoms with E-state index >= 15 is 0 Å². The van der Waals surface area contributed by atoms with Gasteiger partial charge in [0.2, 0.25) is 11.8 Å². The van der Waals surface area contributed by atoms with E-state index in [-0.39, 0.29) is 41.2 Å². The highest BCUT2D eigenvalue weighted by molar-refractivity contribution is 6.10. The second-order valence-electron chi connectivity index (χ2n) is 6.04. The van der Waals surface area contributed by atoms with Crippen molar-refractivity contribution < 1.29 is 19.5 Å². The number of amides is 2. The topological polar surface area (TPSA) is 74.7 Å². The first-order valence-corrected chi connectivity index (χ1v) is 6.51. The Morgan fingerprint density at radius 1 is 1.25 bits per heavy atom. The van der Waals surface area contributed by atoms with Crippen molar-refractivity contribution >= 4 is 17.8 Å². The van der Waals surface area contributed by atoms with Gasteiger partial charge >= 0.3 is 5.97 Å². The quantitative estimate of drug-likeness (QED) is 0.847. The summed E-state index contributed by atoms with van der Waals surface area (Å²) in [5.41, 5.74) is 0.603. The van der Waals surface area contributed by atoms with Crippen LogP contribution in [0.25, 0.3) is 0 Å². The van der Waals surface area contributed by atoms with E-state index < -0.39 is 5.97 Å². The molecule has 0 aromatic heterocycles. The molecule has 2 unspecified atom stereocenters. The van der Waals surface area contributed by atoms with Crippen molar-refractivity contribution in [1.82, 2.24) is 4.90 Å². The van der Waals surface area contributed by atoms with Gasteiger partial charge in [-0.2, -0.15) is 0 Å². The smallest absolute Gasteiger partial charge is 0.335 e. The molecule has 104 valence electrons. The zero-order valence-electron chi connectivity index (χ0n) is 11.3. The number of carbonyl (C=O) groups is 3. The van der Waals surface area contributed by atoms with Gasteiger partial charge in [0.1, 0.15) is 0 Å². The zero-order valence-corrected chi connectivity index (χ0v) is 11.3. The lowest BCUT2D eigenvalue weighted by Crippen LogP contribution is -2.35. The van der Waals surface area contributed by atoms with Crippen LogP contribution in [0.1, 0.15) is 29.8 Å². The molecule has 2 aliphatic rings. The van der Waals surface area contributed by atoms with Crippen molar-refractivity contribution in [2.75, 3.05) is 0 Å². The van der Waals surface area contributed by atoms with Crippen LogP contribution in [0.2, 0.25) is 0 Å². The number of piperidine rings is 1. The molecule has 1 aliphatic carbocycles. The molecule has 1 aliphatic heterocycles. The molecule has 1 saturated carbocycles. The number of fused-ring (bicyclic) bond motifs is 1. The van der Waals surface area contributed by atoms with Crippen LogP contribution in [0.5, 0.6) is 0 Å². The van der Waals surface area contributed by atoms with Gasteiger partial charge in [0, 0.05) is 0 Å². The number of carboxylic acid groups (broad SMARTS) is 1. The fourth-order valence-electron chi connectivity index (χ4n) is 3.15. The summed E-state index contributed by atoms with van der Waals surface area (Å²) in [7, 11) is 0. The van der Waals surface area contributed by atoms with E-state index in [1.807, 2.05) is 13.8 Å². The molecule has 2 fully saturated rings. The lowest BCUT2D eigenvalue weighted by Gasteiger charge is -2.20. The van der Waals surface area contributed by atoms with E-state index in [0.717, 1.165) is 0 Å². The number of hydrogen-bond acceptors (Lipinski definition) is 3. The van der Waals surface area contributed by atoms with Crippen LogP contribution in [0, 0.1) is 17.3 Å². The van der Waals surface area contributed by atoms with Crippen molar-refractivity contribution in [1.29, 1.82) is 0 Å². The Morgan fingerprint density at radius 3 is 2.40 bits per heavy atom. The van der Waals surface area contributed by atoms with Crippen molar-refractivity contribution in [2.45, 2.75) is 20.4 Å². The summed E-state index contributed by atoms with van der Waals surface area (Å²) in [6.45, 7) is 4.02. The van der Waals surface area contributed by atoms with E-state index in [1.54, 1.807) is 12.1 Å². The van der Waals surface area contributed by atoms with Crippen LogP contribution < -0.4 is 0 Å². The molecule has 1 heterocycles. The molecule has 0 spiro atoms. The van der Waals surface area contributed by atoms with Gasteiger partial charge in [-0.15, -0.1) is 0 Å². The number of nitrogens with zero attached hydrogens (tertiary/aromatic N) is 1. The normalized spacial score (nSPS) is 26.6. The maximum Gasteiger partial charge on any atom is 0.335 e. The molecule has 1 N–H and O–H groups in total. The highest BCUT2D eigenvalue weighted by Crippen LogP contribution is 2.63. The van der Waals surface area contributed by atoms with Gasteiger partial charge in [-0.05, 0) is 23.1 Å². The Morgan fingerprint density at radius 2 is 1.85 bits per heavy atom. The Hall–Kier alpha value is -2.17. The SMILES string of the molecule is CC1(C)C2C(=O)N(Cc3cccc(C(=O)O)c3)C(=O)C21. The number of rotatable bonds is 3. The summed E-state index contributed by atoms with van der Waals surface area (Å²) in [6.07, 6.45) is 0. The number of carboxylic acids is 1. The third-order valence-corrected chi connectivity index (χ3v) is 4.41. The van der Waals surface area contributed by atoms with Crippen molar-refractivity contribution in [3.05, 3.63) is 35.4 Å². The third kappa shape index (κ3) is 1.66. The lowest BCUT2D eigenvalue weighted by atomic mass is 10.0. The van der Waals surface area contributed by atoms with Gasteiger partial charge in [0.25, 0.3) is 0 Å². The van der Waals surface area contributed by atoms with Crippen molar-refractivity contribution in [3.63, 3.8) is 0 Å². The summed E-state index contributed by atoms with van der Waals surface area (Å²) < 4.78 is 0. The highest BCUT2D eigenvalue weighted by atomic mass is 16.4. The Labute approximate surface area is 116 Å². The first-order chi connectivity index (χ1) is 9.34. The first-order valence-electron chi connectivity index (χ1n) is 6.51. The summed E-state index contributed by atoms with van der Waals surface area (Å²) in [5, 5.41) is 8.94. The van der Waals surface area contributed by atoms with Gasteiger partial charge in [-0.25, -0.2) is 4.79 Å². The second-order valence-corrected chi connectivity index (χ2v) is 6.04. The maximum atomic E-state index is 12.2. The Balaban J connectivity index is 1.80. The summed E-state index contributed by atoms with van der Waals surface area (Å²) in [5.74, 6) is -1.68. The molecule has 5 nitrogen and oxygen atoms in total. The standard InChI is InChI=1S/C15H15NO4/c1-15(2)10-11(15)13(18)16(12(10)17)7-8-4-3-5-9(6-8)14(19)20/h3-6,10-11H,7H2,1-2H3,(H,19,20). The molecule has 5 heteroatoms. The molecule has 3 rings (SSSR count). The van der Waals surface area contributed by atoms with Crippen molar-refractivity contribution in [2.24, 2.45) is 17.3 Å². The second kappa shape index (κ2) is 3.91. The number of carbonyl (C=O) groups excluding carboxylic acids is 2. The minimum atomic E-state index is -1.02. The molecule has 2 amide bonds. The molecule has 2 atom stereocenters. The molecule has 0 radical (unpaired) electrons. The van der Waals surface area contributed by atoms with Crippen LogP contribution in [-0.2, 0) is 16.1 Å². The summed E-state index contributed by atoms with van der Waals surface area (Å²) in [6, 6.07) is 6.33. The predicted octanol–water partition coefficient (Wildman–Crippen LogP) is 1.53. The minimum absolute atomic E-state index is 0.134. The number of benzene rings is 1. The number of imide groups is 1. The fourth-order valence-corrected chi connectivity index (χ4v) is 3.15. The first kappa shape index (κ1) is 12.8. The van der Waals surface area contributed by atoms with Crippen LogP contribution in [0.15, 0.2) is 24.3 Å². The van der Waals surface area contributed by atoms with Gasteiger partial charge in [-0.1, -0.05) is 26.0 Å². The van der Waals surface area contributed by atoms with E-state index in [1.165, 1.54) is 17.0 Å². The van der Waals surface area contributed by atoms with E-state index in [9.17, 15) is 14.4 Å². The summed E-state index contributed by atoms with van der Waals surface area (Å²) >= 11 is 0. The maximum absolute atomic E-state index is 12.2. The molecule has 1 saturated heterocycles. The van der Waals surface area contributed by atoms with Crippen LogP contribution in [0.4, 0.5) is 0 Å². The fraction of sp³-hybridized carbons (Fsp3) is 0.400. The Bertz CT molecular complexity index is 611. The van der Waals surface area contributed by atoms with E-state index in [4.69, 9.17) is 5.11 Å². The van der Waals surface area contributed by atoms with Gasteiger partial charge < -0.3 is 5.11 Å². The van der Waals surface area contributed by atoms with Crippen LogP contribution in [0.3, 0.4) is 0 Å². The molecular formula is C15H15NO4. The van der Waals surface area contributed by atoms with Crippen molar-refractivity contribution in [3.8, 4) is 0 Å². The number of aromatic carboxylic acids is 1. The summed E-state index contributed by atoms with van der Waals surface area (Å²) in [4.78, 5) is 36.5. The Kier molecular flexibility index (Phi) is 2.51. The third-order valence-electron chi connectivity index (χ3n) is 4.41. The van der Waals surface area contributed by atoms with E-state index in [0.29, 0.717) is 5.56 Å². The largest absolute Gasteiger partial charge is 0.478 e. The minimum Gasteiger partial charge on any atom is -0.478 e. The molecular weight excluding hydrogens is 258 g/mol. The number of hydrogen-bond donors (Lipinski definition) is 1. The van der Waals surface area contributed by atoms with E-state index in [2.05, 4.69) is 0 Å².